The summed E-state index contributed by atoms with van der Waals surface area (Å²) >= 11 is 0. The number of carbonyl (C=O) groups is 1. The minimum atomic E-state index is -0.957. The van der Waals surface area contributed by atoms with Gasteiger partial charge in [0.05, 0.1) is 5.92 Å². The van der Waals surface area contributed by atoms with E-state index in [9.17, 15) is 9.18 Å². The third-order valence-corrected chi connectivity index (χ3v) is 4.03. The quantitative estimate of drug-likeness (QED) is 0.708. The van der Waals surface area contributed by atoms with E-state index in [4.69, 9.17) is 10.8 Å². The summed E-state index contributed by atoms with van der Waals surface area (Å²) in [6.45, 7) is 2.18. The van der Waals surface area contributed by atoms with Crippen molar-refractivity contribution in [2.24, 2.45) is 5.73 Å². The summed E-state index contributed by atoms with van der Waals surface area (Å²) in [5, 5.41) is 8.89. The van der Waals surface area contributed by atoms with Crippen molar-refractivity contribution in [2.45, 2.75) is 19.4 Å². The number of hydrogen-bond acceptors (Lipinski definition) is 2. The van der Waals surface area contributed by atoms with E-state index >= 15 is 0 Å². The molecule has 0 radical (unpaired) electrons. The number of hydrogen-bond donors (Lipinski definition) is 2. The Kier molecular flexibility index (Phi) is 7.06. The molecule has 0 spiro atoms. The van der Waals surface area contributed by atoms with Gasteiger partial charge in [0, 0.05) is 12.1 Å². The lowest BCUT2D eigenvalue weighted by molar-refractivity contribution is -0.138. The van der Waals surface area contributed by atoms with Crippen LogP contribution in [0.25, 0.3) is 11.1 Å². The molecule has 3 aromatic rings. The Morgan fingerprint density at radius 3 is 2.04 bits per heavy atom. The third kappa shape index (κ3) is 5.26. The molecule has 0 fully saturated rings. The number of halogens is 1. The highest BCUT2D eigenvalue weighted by Gasteiger charge is 2.15. The van der Waals surface area contributed by atoms with E-state index in [1.165, 1.54) is 11.6 Å². The van der Waals surface area contributed by atoms with Gasteiger partial charge in [0.2, 0.25) is 0 Å². The Labute approximate surface area is 152 Å². The van der Waals surface area contributed by atoms with Crippen molar-refractivity contribution in [3.8, 4) is 11.1 Å². The molecule has 134 valence electrons. The standard InChI is InChI=1S/C15H13FO2.C7H9N/c1-10(15(17)18)12-7-8-13(14(16)9-12)11-5-3-2-4-6-11;8-6-7-4-2-1-3-5-7/h2-10H,1H3,(H,17,18);1-5H,6,8H2. The molecule has 3 N–H and O–H groups in total. The van der Waals surface area contributed by atoms with Crippen molar-refractivity contribution < 1.29 is 14.3 Å². The molecule has 3 nitrogen and oxygen atoms in total. The van der Waals surface area contributed by atoms with Crippen molar-refractivity contribution in [3.05, 3.63) is 95.8 Å². The Morgan fingerprint density at radius 2 is 1.58 bits per heavy atom. The van der Waals surface area contributed by atoms with Gasteiger partial charge in [-0.3, -0.25) is 4.79 Å². The van der Waals surface area contributed by atoms with Crippen LogP contribution >= 0.6 is 0 Å². The summed E-state index contributed by atoms with van der Waals surface area (Å²) in [5.74, 6) is -2.06. The highest BCUT2D eigenvalue weighted by Crippen LogP contribution is 2.26. The van der Waals surface area contributed by atoms with Crippen LogP contribution in [0.2, 0.25) is 0 Å². The SMILES string of the molecule is CC(C(=O)O)c1ccc(-c2ccccc2)c(F)c1.NCc1ccccc1. The van der Waals surface area contributed by atoms with Crippen LogP contribution in [0.3, 0.4) is 0 Å². The van der Waals surface area contributed by atoms with Crippen molar-refractivity contribution in [1.29, 1.82) is 0 Å². The Bertz CT molecular complexity index is 835. The number of nitrogens with two attached hydrogens (primary N) is 1. The molecule has 0 aliphatic rings. The number of rotatable bonds is 4. The number of carboxylic acid groups (broad SMARTS) is 1. The topological polar surface area (TPSA) is 63.3 Å². The van der Waals surface area contributed by atoms with Crippen LogP contribution in [0.1, 0.15) is 24.0 Å². The maximum absolute atomic E-state index is 14.0. The fraction of sp³-hybridized carbons (Fsp3) is 0.136. The van der Waals surface area contributed by atoms with E-state index in [0.29, 0.717) is 17.7 Å². The zero-order chi connectivity index (χ0) is 18.9. The second-order valence-corrected chi connectivity index (χ2v) is 5.85. The molecule has 0 amide bonds. The van der Waals surface area contributed by atoms with Crippen LogP contribution in [0.4, 0.5) is 4.39 Å². The molecular formula is C22H22FNO2. The second-order valence-electron chi connectivity index (χ2n) is 5.85. The van der Waals surface area contributed by atoms with Crippen LogP contribution in [0, 0.1) is 5.82 Å². The van der Waals surface area contributed by atoms with E-state index in [1.54, 1.807) is 19.1 Å². The summed E-state index contributed by atoms with van der Waals surface area (Å²) in [5.41, 5.74) is 8.27. The first kappa shape index (κ1) is 19.3. The summed E-state index contributed by atoms with van der Waals surface area (Å²) in [6, 6.07) is 23.7. The van der Waals surface area contributed by atoms with E-state index in [0.717, 1.165) is 5.56 Å². The molecule has 1 atom stereocenters. The van der Waals surface area contributed by atoms with Gasteiger partial charge in [0.15, 0.2) is 0 Å². The lowest BCUT2D eigenvalue weighted by Crippen LogP contribution is -2.07. The predicted molar refractivity (Wildman–Crippen MR) is 102 cm³/mol. The van der Waals surface area contributed by atoms with Crippen molar-refractivity contribution in [2.75, 3.05) is 0 Å². The average molecular weight is 351 g/mol. The number of benzene rings is 3. The van der Waals surface area contributed by atoms with Gasteiger partial charge < -0.3 is 10.8 Å². The van der Waals surface area contributed by atoms with Gasteiger partial charge >= 0.3 is 5.97 Å². The molecule has 0 aromatic heterocycles. The molecule has 3 rings (SSSR count). The van der Waals surface area contributed by atoms with E-state index < -0.39 is 17.7 Å². The molecule has 0 saturated carbocycles. The second kappa shape index (κ2) is 9.49. The Morgan fingerprint density at radius 1 is 1.00 bits per heavy atom. The first-order chi connectivity index (χ1) is 12.5. The average Bonchev–Trinajstić information content (AvgIpc) is 2.69. The lowest BCUT2D eigenvalue weighted by Gasteiger charge is -2.09. The maximum Gasteiger partial charge on any atom is 0.310 e. The smallest absolute Gasteiger partial charge is 0.310 e. The summed E-state index contributed by atoms with van der Waals surface area (Å²) in [6.07, 6.45) is 0. The molecule has 0 saturated heterocycles. The fourth-order valence-corrected chi connectivity index (χ4v) is 2.41. The van der Waals surface area contributed by atoms with Crippen LogP contribution < -0.4 is 5.73 Å². The van der Waals surface area contributed by atoms with Gasteiger partial charge in [0.1, 0.15) is 5.82 Å². The molecule has 3 aromatic carbocycles. The summed E-state index contributed by atoms with van der Waals surface area (Å²) in [4.78, 5) is 10.8. The fourth-order valence-electron chi connectivity index (χ4n) is 2.41. The molecule has 4 heteroatoms. The zero-order valence-corrected chi connectivity index (χ0v) is 14.6. The van der Waals surface area contributed by atoms with Crippen molar-refractivity contribution in [3.63, 3.8) is 0 Å². The monoisotopic (exact) mass is 351 g/mol. The van der Waals surface area contributed by atoms with E-state index in [-0.39, 0.29) is 0 Å². The van der Waals surface area contributed by atoms with E-state index in [1.807, 2.05) is 60.7 Å². The third-order valence-electron chi connectivity index (χ3n) is 4.03. The van der Waals surface area contributed by atoms with E-state index in [2.05, 4.69) is 0 Å². The van der Waals surface area contributed by atoms with Gasteiger partial charge in [-0.2, -0.15) is 0 Å². The highest BCUT2D eigenvalue weighted by atomic mass is 19.1. The molecular weight excluding hydrogens is 329 g/mol. The molecule has 0 aliphatic carbocycles. The lowest BCUT2D eigenvalue weighted by atomic mass is 9.97. The van der Waals surface area contributed by atoms with Crippen LogP contribution in [-0.2, 0) is 11.3 Å². The van der Waals surface area contributed by atoms with Gasteiger partial charge in [-0.25, -0.2) is 4.39 Å². The minimum absolute atomic E-state index is 0.396. The largest absolute Gasteiger partial charge is 0.481 e. The van der Waals surface area contributed by atoms with Crippen molar-refractivity contribution in [1.82, 2.24) is 0 Å². The summed E-state index contributed by atoms with van der Waals surface area (Å²) in [7, 11) is 0. The number of aliphatic carboxylic acids is 1. The Balaban J connectivity index is 0.000000254. The van der Waals surface area contributed by atoms with Crippen LogP contribution in [0.15, 0.2) is 78.9 Å². The normalized spacial score (nSPS) is 11.2. The minimum Gasteiger partial charge on any atom is -0.481 e. The maximum atomic E-state index is 14.0. The summed E-state index contributed by atoms with van der Waals surface area (Å²) < 4.78 is 14.0. The Hall–Kier alpha value is -2.98. The van der Waals surface area contributed by atoms with Gasteiger partial charge in [0.25, 0.3) is 0 Å². The van der Waals surface area contributed by atoms with Crippen LogP contribution in [-0.4, -0.2) is 11.1 Å². The molecule has 0 aliphatic heterocycles. The van der Waals surface area contributed by atoms with Gasteiger partial charge in [-0.05, 0) is 29.7 Å². The van der Waals surface area contributed by atoms with Gasteiger partial charge in [-0.15, -0.1) is 0 Å². The molecule has 0 bridgehead atoms. The first-order valence-corrected chi connectivity index (χ1v) is 8.34. The first-order valence-electron chi connectivity index (χ1n) is 8.34. The zero-order valence-electron chi connectivity index (χ0n) is 14.6. The van der Waals surface area contributed by atoms with Gasteiger partial charge in [-0.1, -0.05) is 72.8 Å². The molecule has 0 heterocycles. The highest BCUT2D eigenvalue weighted by molar-refractivity contribution is 5.76. The molecule has 1 unspecified atom stereocenters. The van der Waals surface area contributed by atoms with Crippen LogP contribution in [0.5, 0.6) is 0 Å². The molecule has 26 heavy (non-hydrogen) atoms. The predicted octanol–water partition coefficient (Wildman–Crippen LogP) is 4.83. The van der Waals surface area contributed by atoms with Crippen molar-refractivity contribution >= 4 is 5.97 Å². The number of carboxylic acids is 1.